The Morgan fingerprint density at radius 1 is 1.35 bits per heavy atom. The molecule has 1 N–H and O–H groups in total. The van der Waals surface area contributed by atoms with E-state index in [1.54, 1.807) is 12.1 Å². The number of aromatic nitrogens is 1. The van der Waals surface area contributed by atoms with Crippen molar-refractivity contribution in [3.8, 4) is 0 Å². The highest BCUT2D eigenvalue weighted by atomic mass is 32.2. The van der Waals surface area contributed by atoms with E-state index in [4.69, 9.17) is 5.11 Å². The zero-order chi connectivity index (χ0) is 14.8. The van der Waals surface area contributed by atoms with Gasteiger partial charge in [0.25, 0.3) is 10.0 Å². The van der Waals surface area contributed by atoms with Gasteiger partial charge < -0.3 is 5.11 Å². The highest BCUT2D eigenvalue weighted by Crippen LogP contribution is 2.24. The maximum Gasteiger partial charge on any atom is 0.356 e. The molecule has 0 spiro atoms. The Kier molecular flexibility index (Phi) is 4.17. The summed E-state index contributed by atoms with van der Waals surface area (Å²) in [5.41, 5.74) is 1.60. The predicted molar refractivity (Wildman–Crippen MR) is 74.2 cm³/mol. The van der Waals surface area contributed by atoms with Crippen molar-refractivity contribution in [3.05, 3.63) is 47.1 Å². The molecular formula is C12H12N2O4S2. The van der Waals surface area contributed by atoms with Gasteiger partial charge in [0.05, 0.1) is 5.51 Å². The Hall–Kier alpha value is -1.77. The first-order valence-electron chi connectivity index (χ1n) is 5.60. The number of hydrogen-bond donors (Lipinski definition) is 1. The van der Waals surface area contributed by atoms with Crippen molar-refractivity contribution in [2.24, 2.45) is 0 Å². The van der Waals surface area contributed by atoms with Gasteiger partial charge in [-0.15, -0.1) is 11.3 Å². The summed E-state index contributed by atoms with van der Waals surface area (Å²) in [4.78, 5) is 14.6. The topological polar surface area (TPSA) is 87.6 Å². The third-order valence-electron chi connectivity index (χ3n) is 2.63. The molecule has 0 unspecified atom stereocenters. The van der Waals surface area contributed by atoms with Gasteiger partial charge in [0.15, 0.2) is 9.90 Å². The fourth-order valence-corrected chi connectivity index (χ4v) is 4.12. The van der Waals surface area contributed by atoms with Crippen molar-refractivity contribution in [3.63, 3.8) is 0 Å². The minimum atomic E-state index is -3.86. The summed E-state index contributed by atoms with van der Waals surface area (Å²) in [5, 5.41) is 8.95. The molecule has 1 heterocycles. The van der Waals surface area contributed by atoms with Gasteiger partial charge in [-0.25, -0.2) is 18.2 Å². The number of benzene rings is 1. The van der Waals surface area contributed by atoms with Crippen LogP contribution in [-0.2, 0) is 16.6 Å². The minimum absolute atomic E-state index is 0.167. The quantitative estimate of drug-likeness (QED) is 0.907. The average molecular weight is 312 g/mol. The second-order valence-corrected chi connectivity index (χ2v) is 7.14. The molecule has 0 saturated heterocycles. The molecule has 0 fully saturated rings. The van der Waals surface area contributed by atoms with E-state index < -0.39 is 21.7 Å². The van der Waals surface area contributed by atoms with Crippen molar-refractivity contribution in [1.82, 2.24) is 9.29 Å². The zero-order valence-electron chi connectivity index (χ0n) is 10.6. The number of carbonyl (C=O) groups is 1. The van der Waals surface area contributed by atoms with Gasteiger partial charge in [0.2, 0.25) is 0 Å². The highest BCUT2D eigenvalue weighted by molar-refractivity contribution is 7.91. The standard InChI is InChI=1S/C12H12N2O4S2/c1-14(7-9-5-3-2-4-6-9)20(17,18)12-10(11(15)16)13-8-19-12/h2-6,8H,7H2,1H3,(H,15,16). The third-order valence-corrected chi connectivity index (χ3v) is 5.78. The van der Waals surface area contributed by atoms with Crippen LogP contribution >= 0.6 is 11.3 Å². The summed E-state index contributed by atoms with van der Waals surface area (Å²) < 4.78 is 25.6. The summed E-state index contributed by atoms with van der Waals surface area (Å²) in [6.45, 7) is 0.167. The molecule has 0 saturated carbocycles. The van der Waals surface area contributed by atoms with E-state index in [1.807, 2.05) is 18.2 Å². The summed E-state index contributed by atoms with van der Waals surface area (Å²) in [6, 6.07) is 9.06. The van der Waals surface area contributed by atoms with E-state index in [0.717, 1.165) is 21.2 Å². The van der Waals surface area contributed by atoms with Crippen molar-refractivity contribution >= 4 is 27.3 Å². The van der Waals surface area contributed by atoms with Crippen LogP contribution < -0.4 is 0 Å². The Morgan fingerprint density at radius 3 is 2.60 bits per heavy atom. The second kappa shape index (κ2) is 5.70. The van der Waals surface area contributed by atoms with E-state index >= 15 is 0 Å². The van der Waals surface area contributed by atoms with Crippen molar-refractivity contribution in [2.75, 3.05) is 7.05 Å². The average Bonchev–Trinajstić information content (AvgIpc) is 2.89. The Bertz CT molecular complexity index is 710. The summed E-state index contributed by atoms with van der Waals surface area (Å²) in [7, 11) is -2.45. The first-order chi connectivity index (χ1) is 9.43. The molecule has 20 heavy (non-hydrogen) atoms. The van der Waals surface area contributed by atoms with Crippen LogP contribution in [0.5, 0.6) is 0 Å². The molecule has 8 heteroatoms. The lowest BCUT2D eigenvalue weighted by Gasteiger charge is -2.16. The first kappa shape index (κ1) is 14.6. The molecule has 0 aliphatic carbocycles. The van der Waals surface area contributed by atoms with E-state index in [-0.39, 0.29) is 10.8 Å². The van der Waals surface area contributed by atoms with E-state index in [9.17, 15) is 13.2 Å². The molecule has 0 bridgehead atoms. The number of hydrogen-bond acceptors (Lipinski definition) is 5. The molecule has 0 amide bonds. The Labute approximate surface area is 120 Å². The summed E-state index contributed by atoms with van der Waals surface area (Å²) in [5.74, 6) is -1.35. The number of rotatable bonds is 5. The van der Waals surface area contributed by atoms with Gasteiger partial charge >= 0.3 is 5.97 Å². The predicted octanol–water partition coefficient (Wildman–Crippen LogP) is 1.66. The molecule has 0 aliphatic rings. The Balaban J connectivity index is 2.30. The summed E-state index contributed by atoms with van der Waals surface area (Å²) in [6.07, 6.45) is 0. The molecule has 0 radical (unpaired) electrons. The normalized spacial score (nSPS) is 11.7. The number of sulfonamides is 1. The fourth-order valence-electron chi connectivity index (χ4n) is 1.63. The molecule has 0 aliphatic heterocycles. The monoisotopic (exact) mass is 312 g/mol. The zero-order valence-corrected chi connectivity index (χ0v) is 12.2. The summed E-state index contributed by atoms with van der Waals surface area (Å²) >= 11 is 0.802. The first-order valence-corrected chi connectivity index (χ1v) is 7.92. The van der Waals surface area contributed by atoms with Gasteiger partial charge in [0, 0.05) is 13.6 Å². The van der Waals surface area contributed by atoms with E-state index in [2.05, 4.69) is 4.98 Å². The van der Waals surface area contributed by atoms with Crippen LogP contribution in [0.15, 0.2) is 40.1 Å². The SMILES string of the molecule is CN(Cc1ccccc1)S(=O)(=O)c1scnc1C(=O)O. The van der Waals surface area contributed by atoms with Crippen molar-refractivity contribution < 1.29 is 18.3 Å². The lowest BCUT2D eigenvalue weighted by molar-refractivity contribution is 0.0687. The van der Waals surface area contributed by atoms with E-state index in [0.29, 0.717) is 0 Å². The van der Waals surface area contributed by atoms with Gasteiger partial charge in [-0.05, 0) is 5.56 Å². The van der Waals surface area contributed by atoms with Crippen molar-refractivity contribution in [2.45, 2.75) is 10.8 Å². The molecule has 2 aromatic rings. The van der Waals surface area contributed by atoms with Crippen LogP contribution in [0.4, 0.5) is 0 Å². The van der Waals surface area contributed by atoms with Crippen LogP contribution in [-0.4, -0.2) is 35.8 Å². The number of carboxylic acids is 1. The minimum Gasteiger partial charge on any atom is -0.476 e. The maximum atomic E-state index is 12.4. The number of nitrogens with zero attached hydrogens (tertiary/aromatic N) is 2. The number of thiazole rings is 1. The highest BCUT2D eigenvalue weighted by Gasteiger charge is 2.29. The second-order valence-electron chi connectivity index (χ2n) is 4.04. The molecule has 2 rings (SSSR count). The molecular weight excluding hydrogens is 300 g/mol. The van der Waals surface area contributed by atoms with E-state index in [1.165, 1.54) is 12.6 Å². The van der Waals surface area contributed by atoms with Crippen LogP contribution in [0.25, 0.3) is 0 Å². The molecule has 1 aromatic heterocycles. The number of aromatic carboxylic acids is 1. The van der Waals surface area contributed by atoms with Crippen LogP contribution in [0.2, 0.25) is 0 Å². The van der Waals surface area contributed by atoms with Crippen molar-refractivity contribution in [1.29, 1.82) is 0 Å². The molecule has 0 atom stereocenters. The number of carboxylic acid groups (broad SMARTS) is 1. The Morgan fingerprint density at radius 2 is 2.00 bits per heavy atom. The lowest BCUT2D eigenvalue weighted by atomic mass is 10.2. The lowest BCUT2D eigenvalue weighted by Crippen LogP contribution is -2.27. The van der Waals surface area contributed by atoms with Gasteiger partial charge in [-0.3, -0.25) is 0 Å². The molecule has 1 aromatic carbocycles. The fraction of sp³-hybridized carbons (Fsp3) is 0.167. The molecule has 106 valence electrons. The maximum absolute atomic E-state index is 12.4. The van der Waals surface area contributed by atoms with Gasteiger partial charge in [0.1, 0.15) is 0 Å². The third kappa shape index (κ3) is 2.87. The van der Waals surface area contributed by atoms with Crippen LogP contribution in [0, 0.1) is 0 Å². The largest absolute Gasteiger partial charge is 0.476 e. The van der Waals surface area contributed by atoms with Gasteiger partial charge in [-0.2, -0.15) is 4.31 Å². The van der Waals surface area contributed by atoms with Gasteiger partial charge in [-0.1, -0.05) is 30.3 Å². The smallest absolute Gasteiger partial charge is 0.356 e. The molecule has 6 nitrogen and oxygen atoms in total. The van der Waals surface area contributed by atoms with Crippen LogP contribution in [0.1, 0.15) is 16.1 Å². The van der Waals surface area contributed by atoms with Crippen LogP contribution in [0.3, 0.4) is 0 Å².